The monoisotopic (exact) mass is 414 g/mol. The standard InChI is InChI=1S/C17H20N4O.C5H10O3/c1-3-4-9-18-17(22)21-13-7-5-12-6-8-15-16(14(12)10-13)20-11(2)19-15;6-3-5-4(7)1-2-8-5/h5-8,10H,3-4,9H2,1-2H3,(H,19,20)(H2,18,21,22);4-7H,1-3H2/t;4?,5-/m.1/s1. The van der Waals surface area contributed by atoms with E-state index in [2.05, 4.69) is 33.6 Å². The van der Waals surface area contributed by atoms with E-state index in [1.54, 1.807) is 0 Å². The Balaban J connectivity index is 0.000000269. The number of H-pyrrole nitrogens is 1. The number of unbranched alkanes of at least 4 members (excludes halogenated alkanes) is 1. The van der Waals surface area contributed by atoms with Gasteiger partial charge in [-0.2, -0.15) is 0 Å². The van der Waals surface area contributed by atoms with E-state index >= 15 is 0 Å². The summed E-state index contributed by atoms with van der Waals surface area (Å²) in [6.45, 7) is 5.24. The molecule has 2 atom stereocenters. The normalized spacial score (nSPS) is 18.3. The van der Waals surface area contributed by atoms with Crippen LogP contribution in [0.3, 0.4) is 0 Å². The maximum absolute atomic E-state index is 11.8. The van der Waals surface area contributed by atoms with E-state index in [0.29, 0.717) is 19.6 Å². The van der Waals surface area contributed by atoms with Crippen LogP contribution in [0.4, 0.5) is 10.5 Å². The summed E-state index contributed by atoms with van der Waals surface area (Å²) in [4.78, 5) is 19.6. The van der Waals surface area contributed by atoms with Crippen LogP contribution in [-0.2, 0) is 4.74 Å². The second kappa shape index (κ2) is 10.4. The molecule has 2 amide bonds. The molecule has 0 spiro atoms. The van der Waals surface area contributed by atoms with Crippen LogP contribution in [0.5, 0.6) is 0 Å². The number of carbonyl (C=O) groups excluding carboxylic acids is 1. The quantitative estimate of drug-likeness (QED) is 0.411. The van der Waals surface area contributed by atoms with Crippen LogP contribution in [0.15, 0.2) is 30.3 Å². The van der Waals surface area contributed by atoms with Gasteiger partial charge in [-0.3, -0.25) is 0 Å². The Kier molecular flexibility index (Phi) is 7.62. The topological polar surface area (TPSA) is 120 Å². The molecule has 1 fully saturated rings. The Bertz CT molecular complexity index is 988. The van der Waals surface area contributed by atoms with Crippen molar-refractivity contribution in [2.24, 2.45) is 0 Å². The molecule has 3 aromatic rings. The average Bonchev–Trinajstić information content (AvgIpc) is 3.33. The molecule has 1 saturated heterocycles. The van der Waals surface area contributed by atoms with Gasteiger partial charge >= 0.3 is 6.03 Å². The fourth-order valence-electron chi connectivity index (χ4n) is 3.36. The van der Waals surface area contributed by atoms with Crippen LogP contribution in [0.2, 0.25) is 0 Å². The lowest BCUT2D eigenvalue weighted by Gasteiger charge is -2.08. The minimum atomic E-state index is -0.444. The number of fused-ring (bicyclic) bond motifs is 3. The molecule has 1 aliphatic rings. The highest BCUT2D eigenvalue weighted by Crippen LogP contribution is 2.26. The van der Waals surface area contributed by atoms with Crippen LogP contribution < -0.4 is 10.6 Å². The zero-order chi connectivity index (χ0) is 21.5. The van der Waals surface area contributed by atoms with Gasteiger partial charge in [0.15, 0.2) is 0 Å². The largest absolute Gasteiger partial charge is 0.394 e. The van der Waals surface area contributed by atoms with Crippen molar-refractivity contribution in [3.05, 3.63) is 36.2 Å². The summed E-state index contributed by atoms with van der Waals surface area (Å²) in [5, 5.41) is 25.2. The van der Waals surface area contributed by atoms with Gasteiger partial charge in [-0.15, -0.1) is 0 Å². The Morgan fingerprint density at radius 2 is 2.13 bits per heavy atom. The molecule has 0 saturated carbocycles. The van der Waals surface area contributed by atoms with E-state index in [-0.39, 0.29) is 18.7 Å². The molecule has 0 aliphatic carbocycles. The predicted molar refractivity (Wildman–Crippen MR) is 118 cm³/mol. The fourth-order valence-corrected chi connectivity index (χ4v) is 3.36. The number of urea groups is 1. The van der Waals surface area contributed by atoms with E-state index in [4.69, 9.17) is 14.9 Å². The lowest BCUT2D eigenvalue weighted by Crippen LogP contribution is -2.29. The summed E-state index contributed by atoms with van der Waals surface area (Å²) in [6.07, 6.45) is 1.94. The number of hydrogen-bond donors (Lipinski definition) is 5. The maximum atomic E-state index is 11.8. The molecule has 1 aromatic heterocycles. The number of aromatic nitrogens is 2. The number of aliphatic hydroxyl groups excluding tert-OH is 2. The van der Waals surface area contributed by atoms with Crippen LogP contribution in [0.1, 0.15) is 32.0 Å². The van der Waals surface area contributed by atoms with Gasteiger partial charge in [0.1, 0.15) is 11.9 Å². The van der Waals surface area contributed by atoms with Crippen molar-refractivity contribution < 1.29 is 19.7 Å². The minimum Gasteiger partial charge on any atom is -0.394 e. The van der Waals surface area contributed by atoms with E-state index in [0.717, 1.165) is 46.2 Å². The number of ether oxygens (including phenoxy) is 1. The number of aliphatic hydroxyl groups is 2. The number of carbonyl (C=O) groups is 1. The number of nitrogens with zero attached hydrogens (tertiary/aromatic N) is 1. The van der Waals surface area contributed by atoms with Gasteiger partial charge in [0, 0.05) is 24.2 Å². The highest BCUT2D eigenvalue weighted by atomic mass is 16.5. The van der Waals surface area contributed by atoms with Crippen LogP contribution >= 0.6 is 0 Å². The molecule has 162 valence electrons. The van der Waals surface area contributed by atoms with Crippen molar-refractivity contribution in [2.45, 2.75) is 45.3 Å². The fraction of sp³-hybridized carbons (Fsp3) is 0.455. The number of rotatable bonds is 5. The van der Waals surface area contributed by atoms with Gasteiger partial charge in [-0.05, 0) is 43.4 Å². The first-order valence-electron chi connectivity index (χ1n) is 10.4. The first-order valence-corrected chi connectivity index (χ1v) is 10.4. The molecule has 8 nitrogen and oxygen atoms in total. The lowest BCUT2D eigenvalue weighted by atomic mass is 10.1. The zero-order valence-corrected chi connectivity index (χ0v) is 17.4. The third-order valence-corrected chi connectivity index (χ3v) is 5.02. The molecular formula is C22H30N4O4. The third-order valence-electron chi connectivity index (χ3n) is 5.02. The van der Waals surface area contributed by atoms with Gasteiger partial charge < -0.3 is 30.6 Å². The predicted octanol–water partition coefficient (Wildman–Crippen LogP) is 3.07. The van der Waals surface area contributed by atoms with Gasteiger partial charge in [0.2, 0.25) is 0 Å². The Labute approximate surface area is 175 Å². The van der Waals surface area contributed by atoms with E-state index in [1.165, 1.54) is 0 Å². The third kappa shape index (κ3) is 5.47. The van der Waals surface area contributed by atoms with Crippen molar-refractivity contribution in [3.63, 3.8) is 0 Å². The first kappa shape index (κ1) is 22.0. The molecule has 0 bridgehead atoms. The van der Waals surface area contributed by atoms with E-state index in [1.807, 2.05) is 31.2 Å². The molecule has 5 N–H and O–H groups in total. The number of imidazole rings is 1. The summed E-state index contributed by atoms with van der Waals surface area (Å²) < 4.78 is 4.91. The van der Waals surface area contributed by atoms with Crippen LogP contribution in [0, 0.1) is 6.92 Å². The highest BCUT2D eigenvalue weighted by molar-refractivity contribution is 6.06. The van der Waals surface area contributed by atoms with Crippen molar-refractivity contribution in [1.29, 1.82) is 0 Å². The van der Waals surface area contributed by atoms with Crippen molar-refractivity contribution in [2.75, 3.05) is 25.1 Å². The molecule has 1 aliphatic heterocycles. The molecule has 0 radical (unpaired) electrons. The molecule has 8 heteroatoms. The summed E-state index contributed by atoms with van der Waals surface area (Å²) >= 11 is 0. The molecular weight excluding hydrogens is 384 g/mol. The Morgan fingerprint density at radius 1 is 1.33 bits per heavy atom. The minimum absolute atomic E-state index is 0.0683. The van der Waals surface area contributed by atoms with Gasteiger partial charge in [-0.1, -0.05) is 25.5 Å². The average molecular weight is 415 g/mol. The van der Waals surface area contributed by atoms with Crippen molar-refractivity contribution in [1.82, 2.24) is 15.3 Å². The number of amides is 2. The van der Waals surface area contributed by atoms with Crippen molar-refractivity contribution >= 4 is 33.5 Å². The number of anilines is 1. The van der Waals surface area contributed by atoms with Crippen LogP contribution in [0.25, 0.3) is 21.8 Å². The molecule has 2 aromatic carbocycles. The number of benzene rings is 2. The van der Waals surface area contributed by atoms with Gasteiger partial charge in [-0.25, -0.2) is 9.78 Å². The van der Waals surface area contributed by atoms with Gasteiger partial charge in [0.25, 0.3) is 0 Å². The SMILES string of the molecule is CCCCNC(=O)Nc1ccc2ccc3[nH]c(C)nc3c2c1.OC[C@H]1OCCC1O. The van der Waals surface area contributed by atoms with Crippen molar-refractivity contribution in [3.8, 4) is 0 Å². The number of aromatic amines is 1. The first-order chi connectivity index (χ1) is 14.5. The summed E-state index contributed by atoms with van der Waals surface area (Å²) in [5.74, 6) is 0.887. The number of nitrogens with one attached hydrogen (secondary N) is 3. The van der Waals surface area contributed by atoms with E-state index in [9.17, 15) is 4.79 Å². The highest BCUT2D eigenvalue weighted by Gasteiger charge is 2.24. The summed E-state index contributed by atoms with van der Waals surface area (Å²) in [7, 11) is 0. The molecule has 2 heterocycles. The molecule has 1 unspecified atom stereocenters. The zero-order valence-electron chi connectivity index (χ0n) is 17.4. The second-order valence-corrected chi connectivity index (χ2v) is 7.40. The van der Waals surface area contributed by atoms with Crippen LogP contribution in [-0.4, -0.2) is 58.2 Å². The Hall–Kier alpha value is -2.68. The Morgan fingerprint density at radius 3 is 2.80 bits per heavy atom. The second-order valence-electron chi connectivity index (χ2n) is 7.40. The molecule has 30 heavy (non-hydrogen) atoms. The van der Waals surface area contributed by atoms with E-state index < -0.39 is 6.10 Å². The molecule has 4 rings (SSSR count). The smallest absolute Gasteiger partial charge is 0.319 e. The lowest BCUT2D eigenvalue weighted by molar-refractivity contribution is 0.00406. The summed E-state index contributed by atoms with van der Waals surface area (Å²) in [5.41, 5.74) is 2.72. The summed E-state index contributed by atoms with van der Waals surface area (Å²) in [6, 6.07) is 9.80. The maximum Gasteiger partial charge on any atom is 0.319 e. The number of hydrogen-bond acceptors (Lipinski definition) is 5. The number of aryl methyl sites for hydroxylation is 1. The van der Waals surface area contributed by atoms with Gasteiger partial charge in [0.05, 0.1) is 23.7 Å².